The van der Waals surface area contributed by atoms with E-state index in [1.807, 2.05) is 32.6 Å². The van der Waals surface area contributed by atoms with Gasteiger partial charge in [0.2, 0.25) is 17.7 Å². The number of carbonyl (C=O) groups excluding carboxylic acids is 5. The van der Waals surface area contributed by atoms with E-state index in [2.05, 4.69) is 0 Å². The lowest BCUT2D eigenvalue weighted by molar-refractivity contribution is -0.298. The van der Waals surface area contributed by atoms with Gasteiger partial charge in [0.05, 0.1) is 30.3 Å². The van der Waals surface area contributed by atoms with E-state index in [-0.39, 0.29) is 44.8 Å². The summed E-state index contributed by atoms with van der Waals surface area (Å²) < 4.78 is 10.1. The van der Waals surface area contributed by atoms with E-state index < -0.39 is 94.9 Å². The highest BCUT2D eigenvalue weighted by atomic mass is 32.2. The predicted octanol–water partition coefficient (Wildman–Crippen LogP) is 3.60. The van der Waals surface area contributed by atoms with Gasteiger partial charge in [0.1, 0.15) is 31.2 Å². The number of carboxylic acid groups (broad SMARTS) is 4. The second-order valence-corrected chi connectivity index (χ2v) is 16.8. The van der Waals surface area contributed by atoms with Crippen LogP contribution in [0, 0.1) is 16.2 Å². The molecule has 5 N–H and O–H groups in total. The van der Waals surface area contributed by atoms with E-state index in [9.17, 15) is 48.3 Å². The molecule has 0 aromatic carbocycles. The van der Waals surface area contributed by atoms with Crippen molar-refractivity contribution in [2.75, 3.05) is 45.4 Å². The molecule has 0 saturated carbocycles. The summed E-state index contributed by atoms with van der Waals surface area (Å²) in [6.45, 7) is 17.0. The lowest BCUT2D eigenvalue weighted by atomic mass is 9.88. The Bertz CT molecular complexity index is 1400. The van der Waals surface area contributed by atoms with Gasteiger partial charge in [-0.2, -0.15) is 0 Å². The molecular weight excluding hydrogens is 816 g/mol. The highest BCUT2D eigenvalue weighted by molar-refractivity contribution is 8.00. The number of nitrogens with zero attached hydrogens (tertiary/aromatic N) is 2. The molecule has 2 atom stereocenters. The summed E-state index contributed by atoms with van der Waals surface area (Å²) in [6, 6.07) is 0. The van der Waals surface area contributed by atoms with Crippen LogP contribution in [-0.4, -0.2) is 146 Å². The summed E-state index contributed by atoms with van der Waals surface area (Å²) in [5, 5.41) is 43.8. The van der Waals surface area contributed by atoms with Crippen molar-refractivity contribution < 1.29 is 87.9 Å². The monoisotopic (exact) mass is 882 g/mol. The first-order chi connectivity index (χ1) is 27.7. The van der Waals surface area contributed by atoms with E-state index in [4.69, 9.17) is 39.7 Å². The molecule has 0 spiro atoms. The molecule has 346 valence electrons. The Morgan fingerprint density at radius 3 is 1.52 bits per heavy atom. The number of carboxylic acids is 4. The summed E-state index contributed by atoms with van der Waals surface area (Å²) in [6.07, 6.45) is -0.646. The number of rotatable bonds is 25. The lowest BCUT2D eigenvalue weighted by Gasteiger charge is -2.28. The van der Waals surface area contributed by atoms with Gasteiger partial charge in [-0.3, -0.25) is 48.1 Å². The van der Waals surface area contributed by atoms with Crippen molar-refractivity contribution in [3.05, 3.63) is 0 Å². The number of esters is 2. The molecular formula is C39H66N2O18S. The van der Waals surface area contributed by atoms with Crippen LogP contribution in [0.3, 0.4) is 0 Å². The number of imide groups is 3. The number of ether oxygens (including phenoxy) is 2. The third-order valence-electron chi connectivity index (χ3n) is 9.28. The summed E-state index contributed by atoms with van der Waals surface area (Å²) in [5.41, 5.74) is -2.02. The molecule has 21 heteroatoms. The Morgan fingerprint density at radius 1 is 0.650 bits per heavy atom. The van der Waals surface area contributed by atoms with Gasteiger partial charge in [-0.1, -0.05) is 34.6 Å². The number of β-amino-alcohol motifs (C(OH)–C–C–N with tert-alkyl or cyclic N) is 1. The second-order valence-electron chi connectivity index (χ2n) is 15.6. The fourth-order valence-electron chi connectivity index (χ4n) is 4.05. The number of aliphatic hydroxyl groups excluding tert-OH is 1. The Balaban J connectivity index is 0. The van der Waals surface area contributed by atoms with Gasteiger partial charge < -0.3 is 35.0 Å². The maximum atomic E-state index is 12.4. The summed E-state index contributed by atoms with van der Waals surface area (Å²) in [7, 11) is 0. The van der Waals surface area contributed by atoms with Gasteiger partial charge >= 0.3 is 35.8 Å². The van der Waals surface area contributed by atoms with Crippen LogP contribution >= 0.6 is 11.8 Å². The molecule has 1 heterocycles. The van der Waals surface area contributed by atoms with Crippen LogP contribution in [0.25, 0.3) is 0 Å². The van der Waals surface area contributed by atoms with Crippen LogP contribution < -0.4 is 0 Å². The first-order valence-electron chi connectivity index (χ1n) is 19.6. The van der Waals surface area contributed by atoms with Gasteiger partial charge in [0.15, 0.2) is 0 Å². The molecule has 20 nitrogen and oxygen atoms in total. The van der Waals surface area contributed by atoms with Crippen molar-refractivity contribution in [2.45, 2.75) is 131 Å². The van der Waals surface area contributed by atoms with Gasteiger partial charge in [0, 0.05) is 43.6 Å². The minimum absolute atomic E-state index is 0.0447. The molecule has 0 aliphatic carbocycles. The third kappa shape index (κ3) is 24.8. The van der Waals surface area contributed by atoms with E-state index in [1.54, 1.807) is 34.6 Å². The molecule has 1 aliphatic heterocycles. The number of hydrogen-bond acceptors (Lipinski definition) is 16. The Morgan fingerprint density at radius 2 is 1.10 bits per heavy atom. The summed E-state index contributed by atoms with van der Waals surface area (Å²) >= 11 is 1.34. The number of hydrogen-bond donors (Lipinski definition) is 5. The Hall–Kier alpha value is -4.18. The molecule has 2 unspecified atom stereocenters. The average Bonchev–Trinajstić information content (AvgIpc) is 3.65. The molecule has 1 fully saturated rings. The van der Waals surface area contributed by atoms with Gasteiger partial charge in [-0.15, -0.1) is 11.8 Å². The molecule has 3 amide bonds. The largest absolute Gasteiger partial charge is 0.481 e. The molecule has 1 aliphatic rings. The molecule has 1 rings (SSSR count). The van der Waals surface area contributed by atoms with E-state index in [1.165, 1.54) is 11.8 Å². The number of aliphatic carboxylic acids is 4. The van der Waals surface area contributed by atoms with Crippen molar-refractivity contribution in [2.24, 2.45) is 16.2 Å². The summed E-state index contributed by atoms with van der Waals surface area (Å²) in [4.78, 5) is 113. The zero-order valence-corrected chi connectivity index (χ0v) is 37.1. The van der Waals surface area contributed by atoms with E-state index >= 15 is 0 Å². The Kier molecular flexibility index (Phi) is 28.1. The van der Waals surface area contributed by atoms with Crippen LogP contribution in [0.15, 0.2) is 0 Å². The zero-order chi connectivity index (χ0) is 46.9. The first-order valence-corrected chi connectivity index (χ1v) is 20.6. The van der Waals surface area contributed by atoms with Crippen molar-refractivity contribution in [3.8, 4) is 0 Å². The van der Waals surface area contributed by atoms with Crippen molar-refractivity contribution in [1.82, 2.24) is 9.80 Å². The van der Waals surface area contributed by atoms with Crippen molar-refractivity contribution in [1.29, 1.82) is 0 Å². The predicted molar refractivity (Wildman–Crippen MR) is 215 cm³/mol. The smallest absolute Gasteiger partial charge is 0.317 e. The molecule has 0 bridgehead atoms. The third-order valence-corrected chi connectivity index (χ3v) is 10.5. The number of amides is 3. The topological polar surface area (TPSA) is 298 Å². The fourth-order valence-corrected chi connectivity index (χ4v) is 5.11. The van der Waals surface area contributed by atoms with Crippen molar-refractivity contribution >= 4 is 65.3 Å². The van der Waals surface area contributed by atoms with E-state index in [0.717, 1.165) is 0 Å². The molecule has 0 aromatic heterocycles. The number of aliphatic hydroxyl groups is 1. The normalized spacial score (nSPS) is 14.6. The first kappa shape index (κ1) is 57.9. The van der Waals surface area contributed by atoms with Crippen LogP contribution in [0.5, 0.6) is 0 Å². The minimum atomic E-state index is -1.23. The molecule has 0 radical (unpaired) electrons. The van der Waals surface area contributed by atoms with E-state index in [0.29, 0.717) is 49.5 Å². The number of thioether (sulfide) groups is 1. The summed E-state index contributed by atoms with van der Waals surface area (Å²) in [5.74, 6) is -6.77. The van der Waals surface area contributed by atoms with Crippen LogP contribution in [0.2, 0.25) is 0 Å². The van der Waals surface area contributed by atoms with Gasteiger partial charge in [0.25, 0.3) is 0 Å². The van der Waals surface area contributed by atoms with Crippen LogP contribution in [-0.2, 0) is 62.4 Å². The minimum Gasteiger partial charge on any atom is -0.481 e. The standard InChI is InChI=1S/C14H21NO7.C13H23NO5S.C12H22O6/c1-4-14(2,3)13(22)15(9(16)5-7-11(18)19)10(17)6-8-12(20)21;1-4-13(2,3)12(18)19-7-9(15)5-14-6-10(11(16)17)20-8-14;1-4-12(2,3)11(15)16-8-9-18-17-7-5-6-10(13)14/h4-8H2,1-3H3,(H,18,19)(H,20,21);9-10,15H,4-8H2,1-3H3,(H,16,17);4-9H2,1-3H3,(H,13,14). The van der Waals surface area contributed by atoms with Gasteiger partial charge in [-0.25, -0.2) is 14.7 Å². The SMILES string of the molecule is CCC(C)(C)C(=O)N(C(=O)CCC(=O)O)C(=O)CCC(=O)O.CCC(C)(C)C(=O)OCC(O)CN1CSC(C(=O)O)C1.CCC(C)(C)C(=O)OCCOOCCCC(=O)O. The molecule has 60 heavy (non-hydrogen) atoms. The Labute approximate surface area is 355 Å². The highest BCUT2D eigenvalue weighted by Crippen LogP contribution is 2.26. The van der Waals surface area contributed by atoms with Crippen molar-refractivity contribution in [3.63, 3.8) is 0 Å². The molecule has 1 saturated heterocycles. The maximum Gasteiger partial charge on any atom is 0.317 e. The molecule has 0 aromatic rings. The maximum absolute atomic E-state index is 12.4. The zero-order valence-electron chi connectivity index (χ0n) is 36.3. The average molecular weight is 883 g/mol. The lowest BCUT2D eigenvalue weighted by Crippen LogP contribution is -2.48. The fraction of sp³-hybridized carbons (Fsp3) is 0.769. The quantitative estimate of drug-likeness (QED) is 0.0379. The second kappa shape index (κ2) is 29.1. The number of carbonyl (C=O) groups is 9. The van der Waals surface area contributed by atoms with Gasteiger partial charge in [-0.05, 0) is 53.4 Å². The van der Waals surface area contributed by atoms with Crippen LogP contribution in [0.1, 0.15) is 120 Å². The van der Waals surface area contributed by atoms with Crippen LogP contribution in [0.4, 0.5) is 0 Å². The highest BCUT2D eigenvalue weighted by Gasteiger charge is 2.38.